The number of aromatic nitrogens is 2. The number of benzene rings is 2. The molecule has 3 heterocycles. The highest BCUT2D eigenvalue weighted by Gasteiger charge is 2.21. The van der Waals surface area contributed by atoms with Crippen molar-refractivity contribution < 1.29 is 14.6 Å². The van der Waals surface area contributed by atoms with Gasteiger partial charge in [-0.05, 0) is 66.8 Å². The number of hydrogen-bond donors (Lipinski definition) is 2. The van der Waals surface area contributed by atoms with Crippen molar-refractivity contribution in [1.82, 2.24) is 14.9 Å². The van der Waals surface area contributed by atoms with E-state index in [1.54, 1.807) is 12.3 Å². The molecule has 0 unspecified atom stereocenters. The third-order valence-electron chi connectivity index (χ3n) is 7.32. The molecular weight excluding hydrogens is 524 g/mol. The third-order valence-corrected chi connectivity index (χ3v) is 7.57. The molecule has 7 nitrogen and oxygen atoms in total. The average Bonchev–Trinajstić information content (AvgIpc) is 3.40. The summed E-state index contributed by atoms with van der Waals surface area (Å²) in [6.07, 6.45) is 4.44. The van der Waals surface area contributed by atoms with Gasteiger partial charge in [-0.1, -0.05) is 43.2 Å². The van der Waals surface area contributed by atoms with Crippen molar-refractivity contribution in [2.75, 3.05) is 37.6 Å². The largest absolute Gasteiger partial charge is 0.478 e. The number of halogens is 1. The molecule has 1 fully saturated rings. The molecule has 0 amide bonds. The van der Waals surface area contributed by atoms with Gasteiger partial charge in [0.15, 0.2) is 0 Å². The highest BCUT2D eigenvalue weighted by Crippen LogP contribution is 2.32. The molecule has 0 bridgehead atoms. The Morgan fingerprint density at radius 1 is 1.07 bits per heavy atom. The highest BCUT2D eigenvalue weighted by atomic mass is 35.5. The van der Waals surface area contributed by atoms with Crippen LogP contribution < -0.4 is 9.64 Å². The Morgan fingerprint density at radius 2 is 1.82 bits per heavy atom. The van der Waals surface area contributed by atoms with E-state index in [0.717, 1.165) is 60.9 Å². The van der Waals surface area contributed by atoms with Crippen LogP contribution in [0, 0.1) is 5.92 Å². The van der Waals surface area contributed by atoms with Gasteiger partial charge in [0.25, 0.3) is 0 Å². The fourth-order valence-electron chi connectivity index (χ4n) is 5.26. The molecule has 0 spiro atoms. The van der Waals surface area contributed by atoms with Gasteiger partial charge in [0.05, 0.1) is 6.20 Å². The summed E-state index contributed by atoms with van der Waals surface area (Å²) in [6, 6.07) is 17.2. The Kier molecular flexibility index (Phi) is 8.43. The van der Waals surface area contributed by atoms with E-state index in [1.807, 2.05) is 42.6 Å². The van der Waals surface area contributed by atoms with Gasteiger partial charge in [-0.2, -0.15) is 0 Å². The molecule has 0 saturated carbocycles. The molecule has 1 saturated heterocycles. The zero-order valence-corrected chi connectivity index (χ0v) is 23.9. The van der Waals surface area contributed by atoms with Crippen LogP contribution in [0.4, 0.5) is 5.69 Å². The number of carbonyl (C=O) groups is 1. The normalized spacial score (nSPS) is 15.0. The molecule has 40 heavy (non-hydrogen) atoms. The number of carboxylic acid groups (broad SMARTS) is 1. The van der Waals surface area contributed by atoms with Crippen molar-refractivity contribution in [1.29, 1.82) is 0 Å². The van der Waals surface area contributed by atoms with E-state index in [1.165, 1.54) is 16.7 Å². The van der Waals surface area contributed by atoms with E-state index in [4.69, 9.17) is 16.3 Å². The number of piperazine rings is 1. The molecule has 0 aliphatic carbocycles. The SMILES string of the molecule is C/C(CN1CCN(c2ccc(C(=O)O)c(Oc3cnc4[nH]ccc4c3)c2)CC1)=C(\CC(C)C)c1ccc(Cl)cc1. The smallest absolute Gasteiger partial charge is 0.339 e. The number of aromatic amines is 1. The van der Waals surface area contributed by atoms with E-state index in [-0.39, 0.29) is 5.56 Å². The van der Waals surface area contributed by atoms with Crippen molar-refractivity contribution in [2.45, 2.75) is 27.2 Å². The minimum Gasteiger partial charge on any atom is -0.478 e. The van der Waals surface area contributed by atoms with E-state index in [9.17, 15) is 9.90 Å². The Hall–Kier alpha value is -3.81. The summed E-state index contributed by atoms with van der Waals surface area (Å²) in [4.78, 5) is 24.1. The fourth-order valence-corrected chi connectivity index (χ4v) is 5.39. The minimum absolute atomic E-state index is 0.122. The van der Waals surface area contributed by atoms with Crippen LogP contribution in [0.5, 0.6) is 11.5 Å². The number of nitrogens with one attached hydrogen (secondary N) is 1. The fraction of sp³-hybridized carbons (Fsp3) is 0.312. The van der Waals surface area contributed by atoms with Crippen LogP contribution in [-0.4, -0.2) is 58.7 Å². The van der Waals surface area contributed by atoms with Gasteiger partial charge in [0.2, 0.25) is 0 Å². The van der Waals surface area contributed by atoms with E-state index < -0.39 is 5.97 Å². The number of pyridine rings is 1. The van der Waals surface area contributed by atoms with Crippen LogP contribution in [-0.2, 0) is 0 Å². The van der Waals surface area contributed by atoms with E-state index in [2.05, 4.69) is 52.7 Å². The molecule has 1 aliphatic rings. The van der Waals surface area contributed by atoms with Crippen molar-refractivity contribution >= 4 is 39.9 Å². The predicted molar refractivity (Wildman–Crippen MR) is 162 cm³/mol. The number of rotatable bonds is 9. The van der Waals surface area contributed by atoms with E-state index >= 15 is 0 Å². The first-order chi connectivity index (χ1) is 19.3. The second-order valence-electron chi connectivity index (χ2n) is 10.8. The van der Waals surface area contributed by atoms with Crippen LogP contribution in [0.2, 0.25) is 5.02 Å². The third kappa shape index (κ3) is 6.49. The Labute approximate surface area is 240 Å². The molecule has 2 aromatic carbocycles. The van der Waals surface area contributed by atoms with Crippen molar-refractivity contribution in [3.05, 3.63) is 88.7 Å². The van der Waals surface area contributed by atoms with Gasteiger partial charge in [0, 0.05) is 61.1 Å². The van der Waals surface area contributed by atoms with Crippen molar-refractivity contribution in [2.24, 2.45) is 5.92 Å². The maximum atomic E-state index is 11.9. The summed E-state index contributed by atoms with van der Waals surface area (Å²) in [7, 11) is 0. The summed E-state index contributed by atoms with van der Waals surface area (Å²) >= 11 is 6.14. The topological polar surface area (TPSA) is 81.7 Å². The Balaban J connectivity index is 1.29. The number of hydrogen-bond acceptors (Lipinski definition) is 5. The maximum Gasteiger partial charge on any atom is 0.339 e. The quantitative estimate of drug-likeness (QED) is 0.223. The highest BCUT2D eigenvalue weighted by molar-refractivity contribution is 6.30. The van der Waals surface area contributed by atoms with Crippen LogP contribution >= 0.6 is 11.6 Å². The maximum absolute atomic E-state index is 11.9. The number of nitrogens with zero attached hydrogens (tertiary/aromatic N) is 3. The van der Waals surface area contributed by atoms with Gasteiger partial charge in [-0.25, -0.2) is 9.78 Å². The van der Waals surface area contributed by atoms with Gasteiger partial charge in [0.1, 0.15) is 22.7 Å². The van der Waals surface area contributed by atoms with Gasteiger partial charge in [-0.3, -0.25) is 4.90 Å². The first-order valence-corrected chi connectivity index (χ1v) is 14.0. The standard InChI is InChI=1S/C32H35ClN4O3/c1-21(2)16-29(23-4-6-25(33)7-5-23)22(3)20-36-12-14-37(15-13-36)26-8-9-28(32(38)39)30(18-26)40-27-17-24-10-11-34-31(24)35-19-27/h4-11,17-19,21H,12-16,20H2,1-3H3,(H,34,35)(H,38,39)/b29-22-. The number of anilines is 1. The number of aromatic carboxylic acids is 1. The average molecular weight is 559 g/mol. The number of H-pyrrole nitrogens is 1. The lowest BCUT2D eigenvalue weighted by molar-refractivity contribution is 0.0694. The number of ether oxygens (including phenoxy) is 1. The molecule has 8 heteroatoms. The van der Waals surface area contributed by atoms with E-state index in [0.29, 0.717) is 17.4 Å². The van der Waals surface area contributed by atoms with Crippen LogP contribution in [0.25, 0.3) is 16.6 Å². The molecule has 2 aromatic heterocycles. The van der Waals surface area contributed by atoms with Crippen molar-refractivity contribution in [3.63, 3.8) is 0 Å². The minimum atomic E-state index is -1.03. The Morgan fingerprint density at radius 3 is 2.52 bits per heavy atom. The van der Waals surface area contributed by atoms with Crippen molar-refractivity contribution in [3.8, 4) is 11.5 Å². The van der Waals surface area contributed by atoms with Gasteiger partial charge < -0.3 is 19.7 Å². The molecule has 5 rings (SSSR count). The second-order valence-corrected chi connectivity index (χ2v) is 11.2. The molecule has 1 aliphatic heterocycles. The number of fused-ring (bicyclic) bond motifs is 1. The molecular formula is C32H35ClN4O3. The summed E-state index contributed by atoms with van der Waals surface area (Å²) in [5, 5.41) is 11.4. The summed E-state index contributed by atoms with van der Waals surface area (Å²) in [5.41, 5.74) is 5.85. The number of allylic oxidation sites excluding steroid dienone is 1. The zero-order valence-electron chi connectivity index (χ0n) is 23.2. The lowest BCUT2D eigenvalue weighted by atomic mass is 9.92. The van der Waals surface area contributed by atoms with Crippen LogP contribution in [0.15, 0.2) is 72.6 Å². The summed E-state index contributed by atoms with van der Waals surface area (Å²) < 4.78 is 6.05. The second kappa shape index (κ2) is 12.1. The monoisotopic (exact) mass is 558 g/mol. The molecule has 0 atom stereocenters. The molecule has 0 radical (unpaired) electrons. The molecule has 2 N–H and O–H groups in total. The zero-order chi connectivity index (χ0) is 28.2. The summed E-state index contributed by atoms with van der Waals surface area (Å²) in [6.45, 7) is 11.2. The van der Waals surface area contributed by atoms with Crippen LogP contribution in [0.3, 0.4) is 0 Å². The van der Waals surface area contributed by atoms with Gasteiger partial charge in [-0.15, -0.1) is 0 Å². The predicted octanol–water partition coefficient (Wildman–Crippen LogP) is 7.35. The lowest BCUT2D eigenvalue weighted by Gasteiger charge is -2.36. The first kappa shape index (κ1) is 27.7. The number of carboxylic acids is 1. The van der Waals surface area contributed by atoms with Gasteiger partial charge >= 0.3 is 5.97 Å². The Bertz CT molecular complexity index is 1520. The molecule has 4 aromatic rings. The first-order valence-electron chi connectivity index (χ1n) is 13.7. The lowest BCUT2D eigenvalue weighted by Crippen LogP contribution is -2.46. The molecule has 208 valence electrons. The van der Waals surface area contributed by atoms with Crippen LogP contribution in [0.1, 0.15) is 43.1 Å². The summed E-state index contributed by atoms with van der Waals surface area (Å²) in [5.74, 6) is 0.339.